The second kappa shape index (κ2) is 8.08. The third kappa shape index (κ3) is 5.13. The van der Waals surface area contributed by atoms with E-state index in [0.717, 1.165) is 11.3 Å². The van der Waals surface area contributed by atoms with E-state index >= 15 is 0 Å². The first-order chi connectivity index (χ1) is 10.6. The highest BCUT2D eigenvalue weighted by atomic mass is 16.5. The van der Waals surface area contributed by atoms with Gasteiger partial charge in [0.25, 0.3) is 0 Å². The summed E-state index contributed by atoms with van der Waals surface area (Å²) < 4.78 is 5.62. The summed E-state index contributed by atoms with van der Waals surface area (Å²) in [6.07, 6.45) is 0. The van der Waals surface area contributed by atoms with Crippen molar-refractivity contribution < 1.29 is 9.53 Å². The van der Waals surface area contributed by atoms with E-state index in [-0.39, 0.29) is 6.03 Å². The van der Waals surface area contributed by atoms with Gasteiger partial charge in [0.1, 0.15) is 12.4 Å². The summed E-state index contributed by atoms with van der Waals surface area (Å²) in [6.45, 7) is 3.57. The highest BCUT2D eigenvalue weighted by molar-refractivity contribution is 5.73. The Morgan fingerprint density at radius 2 is 1.77 bits per heavy atom. The molecule has 4 heteroatoms. The van der Waals surface area contributed by atoms with Crippen LogP contribution >= 0.6 is 0 Å². The molecule has 116 valence electrons. The molecule has 0 aliphatic heterocycles. The average Bonchev–Trinajstić information content (AvgIpc) is 2.55. The van der Waals surface area contributed by atoms with E-state index in [1.165, 1.54) is 5.56 Å². The fourth-order valence-corrected chi connectivity index (χ4v) is 1.94. The van der Waals surface area contributed by atoms with Crippen LogP contribution in [0.1, 0.15) is 11.1 Å². The van der Waals surface area contributed by atoms with E-state index in [1.807, 2.05) is 61.5 Å². The number of carbonyl (C=O) groups excluding carboxylic acids is 1. The number of benzene rings is 2. The van der Waals surface area contributed by atoms with Gasteiger partial charge in [-0.2, -0.15) is 0 Å². The smallest absolute Gasteiger partial charge is 0.317 e. The molecule has 4 nitrogen and oxygen atoms in total. The average molecular weight is 298 g/mol. The van der Waals surface area contributed by atoms with Gasteiger partial charge in [-0.3, -0.25) is 0 Å². The molecule has 1 N–H and O–H groups in total. The maximum atomic E-state index is 12.0. The molecule has 0 saturated heterocycles. The number of nitrogens with one attached hydrogen (secondary N) is 1. The topological polar surface area (TPSA) is 41.6 Å². The zero-order chi connectivity index (χ0) is 15.8. The zero-order valence-corrected chi connectivity index (χ0v) is 13.1. The summed E-state index contributed by atoms with van der Waals surface area (Å²) in [5, 5.41) is 2.89. The Balaban J connectivity index is 1.69. The van der Waals surface area contributed by atoms with Gasteiger partial charge in [0.15, 0.2) is 0 Å². The van der Waals surface area contributed by atoms with Crippen molar-refractivity contribution in [2.24, 2.45) is 0 Å². The lowest BCUT2D eigenvalue weighted by Crippen LogP contribution is -2.39. The summed E-state index contributed by atoms with van der Waals surface area (Å²) in [7, 11) is 1.76. The van der Waals surface area contributed by atoms with Crippen LogP contribution in [0.4, 0.5) is 4.79 Å². The monoisotopic (exact) mass is 298 g/mol. The molecule has 0 spiro atoms. The Labute approximate surface area is 131 Å². The van der Waals surface area contributed by atoms with Gasteiger partial charge in [-0.1, -0.05) is 48.0 Å². The van der Waals surface area contributed by atoms with Gasteiger partial charge in [-0.15, -0.1) is 0 Å². The third-order valence-corrected chi connectivity index (χ3v) is 3.35. The van der Waals surface area contributed by atoms with Gasteiger partial charge in [-0.05, 0) is 24.6 Å². The Morgan fingerprint density at radius 3 is 2.45 bits per heavy atom. The van der Waals surface area contributed by atoms with E-state index < -0.39 is 0 Å². The third-order valence-electron chi connectivity index (χ3n) is 3.35. The summed E-state index contributed by atoms with van der Waals surface area (Å²) >= 11 is 0. The maximum Gasteiger partial charge on any atom is 0.317 e. The molecule has 2 amide bonds. The van der Waals surface area contributed by atoms with Gasteiger partial charge in [0.05, 0.1) is 6.54 Å². The predicted octanol–water partition coefficient (Wildman–Crippen LogP) is 3.22. The van der Waals surface area contributed by atoms with Gasteiger partial charge >= 0.3 is 6.03 Å². The van der Waals surface area contributed by atoms with Crippen LogP contribution in [0, 0.1) is 6.92 Å². The van der Waals surface area contributed by atoms with Crippen molar-refractivity contribution in [2.75, 3.05) is 20.2 Å². The molecule has 22 heavy (non-hydrogen) atoms. The van der Waals surface area contributed by atoms with Crippen molar-refractivity contribution in [3.05, 3.63) is 65.7 Å². The molecule has 0 fully saturated rings. The number of hydrogen-bond donors (Lipinski definition) is 1. The van der Waals surface area contributed by atoms with Crippen LogP contribution in [0.5, 0.6) is 5.75 Å². The summed E-state index contributed by atoms with van der Waals surface area (Å²) in [5.41, 5.74) is 2.28. The van der Waals surface area contributed by atoms with Crippen molar-refractivity contribution in [2.45, 2.75) is 13.5 Å². The molecule has 2 aromatic carbocycles. The minimum atomic E-state index is -0.101. The number of amides is 2. The Hall–Kier alpha value is -2.49. The molecule has 0 saturated carbocycles. The van der Waals surface area contributed by atoms with E-state index in [1.54, 1.807) is 11.9 Å². The van der Waals surface area contributed by atoms with Crippen molar-refractivity contribution in [1.82, 2.24) is 10.2 Å². The van der Waals surface area contributed by atoms with Crippen molar-refractivity contribution in [3.63, 3.8) is 0 Å². The molecule has 0 unspecified atom stereocenters. The summed E-state index contributed by atoms with van der Waals surface area (Å²) in [6, 6.07) is 17.6. The van der Waals surface area contributed by atoms with Crippen molar-refractivity contribution >= 4 is 6.03 Å². The maximum absolute atomic E-state index is 12.0. The number of urea groups is 1. The minimum Gasteiger partial charge on any atom is -0.492 e. The van der Waals surface area contributed by atoms with Crippen LogP contribution in [-0.4, -0.2) is 31.1 Å². The van der Waals surface area contributed by atoms with Crippen LogP contribution in [-0.2, 0) is 6.54 Å². The number of carbonyl (C=O) groups is 1. The molecule has 0 atom stereocenters. The van der Waals surface area contributed by atoms with Gasteiger partial charge in [0, 0.05) is 13.6 Å². The zero-order valence-electron chi connectivity index (χ0n) is 13.1. The molecule has 0 heterocycles. The van der Waals surface area contributed by atoms with Crippen LogP contribution in [0.3, 0.4) is 0 Å². The SMILES string of the molecule is Cc1ccc(OCCN(C)C(=O)NCc2ccccc2)cc1. The van der Waals surface area contributed by atoms with Crippen LogP contribution in [0.25, 0.3) is 0 Å². The number of nitrogens with zero attached hydrogens (tertiary/aromatic N) is 1. The van der Waals surface area contributed by atoms with Crippen molar-refractivity contribution in [1.29, 1.82) is 0 Å². The van der Waals surface area contributed by atoms with Crippen LogP contribution in [0.2, 0.25) is 0 Å². The minimum absolute atomic E-state index is 0.101. The fraction of sp³-hybridized carbons (Fsp3) is 0.278. The number of aryl methyl sites for hydroxylation is 1. The largest absolute Gasteiger partial charge is 0.492 e. The van der Waals surface area contributed by atoms with Crippen LogP contribution < -0.4 is 10.1 Å². The fourth-order valence-electron chi connectivity index (χ4n) is 1.94. The second-order valence-corrected chi connectivity index (χ2v) is 5.23. The summed E-state index contributed by atoms with van der Waals surface area (Å²) in [4.78, 5) is 13.6. The predicted molar refractivity (Wildman–Crippen MR) is 88.0 cm³/mol. The number of ether oxygens (including phenoxy) is 1. The number of rotatable bonds is 6. The quantitative estimate of drug-likeness (QED) is 0.889. The molecular weight excluding hydrogens is 276 g/mol. The first-order valence-corrected chi connectivity index (χ1v) is 7.37. The normalized spacial score (nSPS) is 10.1. The molecule has 0 radical (unpaired) electrons. The Kier molecular flexibility index (Phi) is 5.83. The van der Waals surface area contributed by atoms with E-state index in [4.69, 9.17) is 4.74 Å². The van der Waals surface area contributed by atoms with Crippen LogP contribution in [0.15, 0.2) is 54.6 Å². The second-order valence-electron chi connectivity index (χ2n) is 5.23. The van der Waals surface area contributed by atoms with Gasteiger partial charge in [0.2, 0.25) is 0 Å². The first-order valence-electron chi connectivity index (χ1n) is 7.37. The molecule has 0 aliphatic rings. The van der Waals surface area contributed by atoms with E-state index in [2.05, 4.69) is 5.32 Å². The van der Waals surface area contributed by atoms with Gasteiger partial charge in [-0.25, -0.2) is 4.79 Å². The number of hydrogen-bond acceptors (Lipinski definition) is 2. The van der Waals surface area contributed by atoms with E-state index in [9.17, 15) is 4.79 Å². The Bertz CT molecular complexity index is 582. The standard InChI is InChI=1S/C18H22N2O2/c1-15-8-10-17(11-9-15)22-13-12-20(2)18(21)19-14-16-6-4-3-5-7-16/h3-11H,12-14H2,1-2H3,(H,19,21). The number of likely N-dealkylation sites (N-methyl/N-ethyl adjacent to an activating group) is 1. The lowest BCUT2D eigenvalue weighted by Gasteiger charge is -2.18. The van der Waals surface area contributed by atoms with Crippen molar-refractivity contribution in [3.8, 4) is 5.75 Å². The van der Waals surface area contributed by atoms with E-state index in [0.29, 0.717) is 19.7 Å². The summed E-state index contributed by atoms with van der Waals surface area (Å²) in [5.74, 6) is 0.823. The molecular formula is C18H22N2O2. The molecule has 0 aromatic heterocycles. The lowest BCUT2D eigenvalue weighted by atomic mass is 10.2. The molecule has 2 aromatic rings. The van der Waals surface area contributed by atoms with Gasteiger partial charge < -0.3 is 15.0 Å². The molecule has 0 bridgehead atoms. The lowest BCUT2D eigenvalue weighted by molar-refractivity contribution is 0.195. The highest BCUT2D eigenvalue weighted by Gasteiger charge is 2.07. The molecule has 2 rings (SSSR count). The first kappa shape index (κ1) is 15.9. The highest BCUT2D eigenvalue weighted by Crippen LogP contribution is 2.11. The molecule has 0 aliphatic carbocycles. The Morgan fingerprint density at radius 1 is 1.09 bits per heavy atom.